The summed E-state index contributed by atoms with van der Waals surface area (Å²) in [6.07, 6.45) is 6.10. The van der Waals surface area contributed by atoms with Gasteiger partial charge in [0, 0.05) is 11.3 Å². The van der Waals surface area contributed by atoms with E-state index in [0.29, 0.717) is 5.56 Å². The molecular formula is C19H19NO3. The first-order valence-corrected chi connectivity index (χ1v) is 7.80. The van der Waals surface area contributed by atoms with Crippen molar-refractivity contribution in [2.45, 2.75) is 25.7 Å². The molecule has 0 unspecified atom stereocenters. The Morgan fingerprint density at radius 1 is 1.04 bits per heavy atom. The van der Waals surface area contributed by atoms with Gasteiger partial charge in [0.15, 0.2) is 0 Å². The maximum absolute atomic E-state index is 12.2. The predicted molar refractivity (Wildman–Crippen MR) is 90.5 cm³/mol. The summed E-state index contributed by atoms with van der Waals surface area (Å²) in [4.78, 5) is 23.8. The number of allylic oxidation sites excluding steroid dienone is 1. The Kier molecular flexibility index (Phi) is 4.42. The number of ether oxygens (including phenoxy) is 1. The lowest BCUT2D eigenvalue weighted by atomic mass is 9.99. The number of fused-ring (bicyclic) bond motifs is 1. The van der Waals surface area contributed by atoms with Gasteiger partial charge in [-0.1, -0.05) is 18.2 Å². The molecule has 2 aromatic rings. The molecule has 0 atom stereocenters. The molecule has 23 heavy (non-hydrogen) atoms. The van der Waals surface area contributed by atoms with Crippen molar-refractivity contribution in [1.82, 2.24) is 0 Å². The van der Waals surface area contributed by atoms with E-state index in [0.717, 1.165) is 47.7 Å². The van der Waals surface area contributed by atoms with E-state index < -0.39 is 0 Å². The van der Waals surface area contributed by atoms with Crippen molar-refractivity contribution >= 4 is 28.3 Å². The summed E-state index contributed by atoms with van der Waals surface area (Å²) in [5, 5.41) is 4.85. The summed E-state index contributed by atoms with van der Waals surface area (Å²) in [6, 6.07) is 11.0. The number of hydrogen-bond donors (Lipinski definition) is 1. The minimum Gasteiger partial charge on any atom is -0.465 e. The van der Waals surface area contributed by atoms with Crippen LogP contribution in [0.5, 0.6) is 0 Å². The summed E-state index contributed by atoms with van der Waals surface area (Å²) in [6.45, 7) is 0. The first-order valence-electron chi connectivity index (χ1n) is 7.80. The number of amides is 1. The zero-order valence-corrected chi connectivity index (χ0v) is 13.1. The van der Waals surface area contributed by atoms with Gasteiger partial charge >= 0.3 is 5.97 Å². The predicted octanol–water partition coefficient (Wildman–Crippen LogP) is 4.07. The highest BCUT2D eigenvalue weighted by Crippen LogP contribution is 2.23. The van der Waals surface area contributed by atoms with Gasteiger partial charge < -0.3 is 10.1 Å². The fourth-order valence-electron chi connectivity index (χ4n) is 2.82. The Hall–Kier alpha value is -2.62. The minimum absolute atomic E-state index is 0.0183. The van der Waals surface area contributed by atoms with Crippen LogP contribution < -0.4 is 5.32 Å². The third kappa shape index (κ3) is 3.42. The van der Waals surface area contributed by atoms with Gasteiger partial charge in [-0.3, -0.25) is 4.79 Å². The molecule has 118 valence electrons. The van der Waals surface area contributed by atoms with E-state index in [1.165, 1.54) is 7.11 Å². The second kappa shape index (κ2) is 6.65. The average molecular weight is 309 g/mol. The zero-order chi connectivity index (χ0) is 16.2. The molecule has 1 amide bonds. The molecule has 1 aliphatic carbocycles. The molecule has 2 aromatic carbocycles. The van der Waals surface area contributed by atoms with Gasteiger partial charge in [-0.05, 0) is 60.7 Å². The van der Waals surface area contributed by atoms with Gasteiger partial charge in [0.25, 0.3) is 5.91 Å². The van der Waals surface area contributed by atoms with Crippen LogP contribution in [0.3, 0.4) is 0 Å². The van der Waals surface area contributed by atoms with Gasteiger partial charge in [-0.2, -0.15) is 0 Å². The number of benzene rings is 2. The third-order valence-electron chi connectivity index (χ3n) is 4.10. The molecule has 1 aliphatic rings. The topological polar surface area (TPSA) is 55.4 Å². The molecule has 0 radical (unpaired) electrons. The molecule has 0 aromatic heterocycles. The first kappa shape index (κ1) is 15.3. The summed E-state index contributed by atoms with van der Waals surface area (Å²) in [5.41, 5.74) is 2.15. The molecule has 0 saturated heterocycles. The van der Waals surface area contributed by atoms with Crippen molar-refractivity contribution in [2.24, 2.45) is 0 Å². The van der Waals surface area contributed by atoms with Crippen LogP contribution >= 0.6 is 0 Å². The van der Waals surface area contributed by atoms with Crippen LogP contribution in [0.15, 0.2) is 48.0 Å². The summed E-state index contributed by atoms with van der Waals surface area (Å²) < 4.78 is 4.73. The fraction of sp³-hybridized carbons (Fsp3) is 0.263. The molecule has 3 rings (SSSR count). The van der Waals surface area contributed by atoms with Gasteiger partial charge in [0.2, 0.25) is 0 Å². The minimum atomic E-state index is -0.353. The van der Waals surface area contributed by atoms with Crippen LogP contribution in [-0.2, 0) is 9.53 Å². The molecule has 4 heteroatoms. The lowest BCUT2D eigenvalue weighted by Crippen LogP contribution is -2.15. The van der Waals surface area contributed by atoms with Gasteiger partial charge in [-0.25, -0.2) is 4.79 Å². The Morgan fingerprint density at radius 3 is 2.57 bits per heavy atom. The smallest absolute Gasteiger partial charge is 0.337 e. The zero-order valence-electron chi connectivity index (χ0n) is 13.1. The van der Waals surface area contributed by atoms with Gasteiger partial charge in [-0.15, -0.1) is 0 Å². The number of anilines is 1. The molecule has 4 nitrogen and oxygen atoms in total. The Labute approximate surface area is 135 Å². The molecule has 1 N–H and O–H groups in total. The second-order valence-corrected chi connectivity index (χ2v) is 5.70. The van der Waals surface area contributed by atoms with E-state index in [1.54, 1.807) is 12.1 Å². The van der Waals surface area contributed by atoms with Crippen LogP contribution in [-0.4, -0.2) is 19.0 Å². The number of nitrogens with one attached hydrogen (secondary N) is 1. The highest BCUT2D eigenvalue weighted by Gasteiger charge is 2.13. The molecule has 0 fully saturated rings. The maximum Gasteiger partial charge on any atom is 0.337 e. The standard InChI is InChI=1S/C19H19NO3/c1-23-19(22)16-8-7-15-12-17(10-9-14(15)11-16)20-18(21)13-5-3-2-4-6-13/h5,7-12H,2-4,6H2,1H3,(H,20,21). The van der Waals surface area contributed by atoms with E-state index in [-0.39, 0.29) is 11.9 Å². The highest BCUT2D eigenvalue weighted by atomic mass is 16.5. The monoisotopic (exact) mass is 309 g/mol. The molecule has 0 saturated carbocycles. The van der Waals surface area contributed by atoms with Crippen molar-refractivity contribution < 1.29 is 14.3 Å². The van der Waals surface area contributed by atoms with Crippen molar-refractivity contribution in [1.29, 1.82) is 0 Å². The molecular weight excluding hydrogens is 290 g/mol. The van der Waals surface area contributed by atoms with E-state index in [9.17, 15) is 9.59 Å². The van der Waals surface area contributed by atoms with Crippen molar-refractivity contribution in [2.75, 3.05) is 12.4 Å². The third-order valence-corrected chi connectivity index (χ3v) is 4.10. The summed E-state index contributed by atoms with van der Waals surface area (Å²) in [7, 11) is 1.37. The summed E-state index contributed by atoms with van der Waals surface area (Å²) >= 11 is 0. The van der Waals surface area contributed by atoms with Crippen molar-refractivity contribution in [3.05, 3.63) is 53.6 Å². The van der Waals surface area contributed by atoms with E-state index in [2.05, 4.69) is 5.32 Å². The average Bonchev–Trinajstić information content (AvgIpc) is 2.61. The molecule has 0 aliphatic heterocycles. The SMILES string of the molecule is COC(=O)c1ccc2cc(NC(=O)C3=CCCCC3)ccc2c1. The summed E-state index contributed by atoms with van der Waals surface area (Å²) in [5.74, 6) is -0.372. The Bertz CT molecular complexity index is 792. The lowest BCUT2D eigenvalue weighted by molar-refractivity contribution is -0.113. The van der Waals surface area contributed by atoms with Crippen LogP contribution in [0.1, 0.15) is 36.0 Å². The highest BCUT2D eigenvalue weighted by molar-refractivity contribution is 6.05. The number of hydrogen-bond acceptors (Lipinski definition) is 3. The van der Waals surface area contributed by atoms with E-state index in [1.807, 2.05) is 30.3 Å². The van der Waals surface area contributed by atoms with Crippen molar-refractivity contribution in [3.8, 4) is 0 Å². The van der Waals surface area contributed by atoms with E-state index >= 15 is 0 Å². The number of esters is 1. The van der Waals surface area contributed by atoms with Crippen LogP contribution in [0.4, 0.5) is 5.69 Å². The first-order chi connectivity index (χ1) is 11.2. The Balaban J connectivity index is 1.81. The quantitative estimate of drug-likeness (QED) is 0.870. The number of rotatable bonds is 3. The normalized spacial score (nSPS) is 14.2. The van der Waals surface area contributed by atoms with Crippen LogP contribution in [0, 0.1) is 0 Å². The lowest BCUT2D eigenvalue weighted by Gasteiger charge is -2.13. The number of carbonyl (C=O) groups excluding carboxylic acids is 2. The van der Waals surface area contributed by atoms with E-state index in [4.69, 9.17) is 4.74 Å². The number of methoxy groups -OCH3 is 1. The fourth-order valence-corrected chi connectivity index (χ4v) is 2.82. The second-order valence-electron chi connectivity index (χ2n) is 5.70. The molecule has 0 spiro atoms. The van der Waals surface area contributed by atoms with Gasteiger partial charge in [0.05, 0.1) is 12.7 Å². The number of carbonyl (C=O) groups is 2. The largest absolute Gasteiger partial charge is 0.465 e. The molecule has 0 heterocycles. The van der Waals surface area contributed by atoms with Crippen LogP contribution in [0.25, 0.3) is 10.8 Å². The van der Waals surface area contributed by atoms with Gasteiger partial charge in [0.1, 0.15) is 0 Å². The molecule has 0 bridgehead atoms. The van der Waals surface area contributed by atoms with Crippen LogP contribution in [0.2, 0.25) is 0 Å². The van der Waals surface area contributed by atoms with Crippen molar-refractivity contribution in [3.63, 3.8) is 0 Å². The Morgan fingerprint density at radius 2 is 1.83 bits per heavy atom. The maximum atomic E-state index is 12.2.